The summed E-state index contributed by atoms with van der Waals surface area (Å²) < 4.78 is 27.9. The molecule has 0 spiro atoms. The summed E-state index contributed by atoms with van der Waals surface area (Å²) in [7, 11) is -3.86. The number of hydrogen-bond acceptors (Lipinski definition) is 6. The van der Waals surface area contributed by atoms with Gasteiger partial charge in [-0.3, -0.25) is 14.6 Å². The zero-order chi connectivity index (χ0) is 23.7. The molecule has 2 amide bonds. The van der Waals surface area contributed by atoms with Crippen LogP contribution in [0.15, 0.2) is 84.0 Å². The average molecular weight is 485 g/mol. The molecule has 10 heteroatoms. The number of rotatable bonds is 10. The van der Waals surface area contributed by atoms with Crippen molar-refractivity contribution < 1.29 is 18.0 Å². The Morgan fingerprint density at radius 3 is 2.27 bits per heavy atom. The van der Waals surface area contributed by atoms with Gasteiger partial charge < -0.3 is 10.6 Å². The quantitative estimate of drug-likeness (QED) is 0.406. The SMILES string of the molecule is CSCCC(NS(=O)(=O)c1ccccc1)C(=O)Nc1cccc(NC(=O)c2ccncc2)c1. The van der Waals surface area contributed by atoms with Gasteiger partial charge in [0.25, 0.3) is 5.91 Å². The zero-order valence-electron chi connectivity index (χ0n) is 17.9. The minimum absolute atomic E-state index is 0.0905. The summed E-state index contributed by atoms with van der Waals surface area (Å²) in [6.07, 6.45) is 5.25. The Labute approximate surface area is 197 Å². The van der Waals surface area contributed by atoms with Crippen molar-refractivity contribution >= 4 is 45.0 Å². The van der Waals surface area contributed by atoms with Crippen LogP contribution in [-0.4, -0.2) is 43.3 Å². The molecule has 0 saturated carbocycles. The van der Waals surface area contributed by atoms with E-state index in [0.29, 0.717) is 29.1 Å². The van der Waals surface area contributed by atoms with Crippen molar-refractivity contribution in [2.75, 3.05) is 22.6 Å². The van der Waals surface area contributed by atoms with Gasteiger partial charge in [-0.1, -0.05) is 24.3 Å². The molecule has 0 aliphatic carbocycles. The summed E-state index contributed by atoms with van der Waals surface area (Å²) in [5.74, 6) is -0.201. The lowest BCUT2D eigenvalue weighted by molar-refractivity contribution is -0.117. The number of carbonyl (C=O) groups excluding carboxylic acids is 2. The summed E-state index contributed by atoms with van der Waals surface area (Å²) in [4.78, 5) is 29.3. The van der Waals surface area contributed by atoms with E-state index < -0.39 is 22.0 Å². The molecule has 1 aromatic heterocycles. The number of sulfonamides is 1. The van der Waals surface area contributed by atoms with Crippen LogP contribution in [0.1, 0.15) is 16.8 Å². The van der Waals surface area contributed by atoms with Gasteiger partial charge in [0, 0.05) is 29.3 Å². The van der Waals surface area contributed by atoms with Gasteiger partial charge in [0.05, 0.1) is 4.90 Å². The molecular formula is C23H24N4O4S2. The molecule has 0 bridgehead atoms. The lowest BCUT2D eigenvalue weighted by atomic mass is 10.2. The minimum Gasteiger partial charge on any atom is -0.325 e. The number of carbonyl (C=O) groups is 2. The molecule has 0 radical (unpaired) electrons. The van der Waals surface area contributed by atoms with E-state index in [-0.39, 0.29) is 10.8 Å². The number of aromatic nitrogens is 1. The van der Waals surface area contributed by atoms with E-state index in [1.54, 1.807) is 54.6 Å². The normalized spacial score (nSPS) is 12.0. The Morgan fingerprint density at radius 1 is 0.939 bits per heavy atom. The van der Waals surface area contributed by atoms with Crippen LogP contribution >= 0.6 is 11.8 Å². The minimum atomic E-state index is -3.86. The molecule has 0 aliphatic heterocycles. The highest BCUT2D eigenvalue weighted by molar-refractivity contribution is 7.98. The van der Waals surface area contributed by atoms with Crippen LogP contribution in [0, 0.1) is 0 Å². The molecule has 1 unspecified atom stereocenters. The molecule has 0 fully saturated rings. The van der Waals surface area contributed by atoms with E-state index in [4.69, 9.17) is 0 Å². The number of thioether (sulfide) groups is 1. The largest absolute Gasteiger partial charge is 0.325 e. The molecule has 8 nitrogen and oxygen atoms in total. The third-order valence-electron chi connectivity index (χ3n) is 4.61. The van der Waals surface area contributed by atoms with Gasteiger partial charge in [0.15, 0.2) is 0 Å². The third-order valence-corrected chi connectivity index (χ3v) is 6.74. The first-order valence-electron chi connectivity index (χ1n) is 10.1. The molecule has 3 aromatic rings. The number of pyridine rings is 1. The Hall–Kier alpha value is -3.21. The topological polar surface area (TPSA) is 117 Å². The van der Waals surface area contributed by atoms with E-state index >= 15 is 0 Å². The molecule has 172 valence electrons. The van der Waals surface area contributed by atoms with Gasteiger partial charge in [-0.05, 0) is 60.9 Å². The highest BCUT2D eigenvalue weighted by Crippen LogP contribution is 2.18. The van der Waals surface area contributed by atoms with Gasteiger partial charge >= 0.3 is 0 Å². The second-order valence-electron chi connectivity index (χ2n) is 7.03. The summed E-state index contributed by atoms with van der Waals surface area (Å²) in [6, 6.07) is 16.8. The van der Waals surface area contributed by atoms with E-state index in [0.717, 1.165) is 0 Å². The number of amides is 2. The van der Waals surface area contributed by atoms with Crippen LogP contribution in [0.2, 0.25) is 0 Å². The van der Waals surface area contributed by atoms with Crippen molar-refractivity contribution in [1.29, 1.82) is 0 Å². The van der Waals surface area contributed by atoms with E-state index in [2.05, 4.69) is 20.3 Å². The zero-order valence-corrected chi connectivity index (χ0v) is 19.5. The molecule has 33 heavy (non-hydrogen) atoms. The van der Waals surface area contributed by atoms with Crippen LogP contribution in [0.5, 0.6) is 0 Å². The van der Waals surface area contributed by atoms with E-state index in [1.165, 1.54) is 36.3 Å². The van der Waals surface area contributed by atoms with Crippen LogP contribution < -0.4 is 15.4 Å². The summed E-state index contributed by atoms with van der Waals surface area (Å²) in [6.45, 7) is 0. The fraction of sp³-hybridized carbons (Fsp3) is 0.174. The molecule has 1 atom stereocenters. The van der Waals surface area contributed by atoms with Crippen LogP contribution in [-0.2, 0) is 14.8 Å². The number of anilines is 2. The Kier molecular flexibility index (Phi) is 8.58. The Bertz CT molecular complexity index is 1190. The van der Waals surface area contributed by atoms with Gasteiger partial charge in [-0.25, -0.2) is 8.42 Å². The number of nitrogens with zero attached hydrogens (tertiary/aromatic N) is 1. The fourth-order valence-corrected chi connectivity index (χ4v) is 4.67. The third kappa shape index (κ3) is 7.14. The van der Waals surface area contributed by atoms with E-state index in [1.807, 2.05) is 6.26 Å². The number of benzene rings is 2. The first-order valence-corrected chi connectivity index (χ1v) is 13.0. The van der Waals surface area contributed by atoms with Crippen molar-refractivity contribution in [3.05, 3.63) is 84.7 Å². The average Bonchev–Trinajstić information content (AvgIpc) is 2.83. The summed E-state index contributed by atoms with van der Waals surface area (Å²) in [5.41, 5.74) is 1.37. The summed E-state index contributed by atoms with van der Waals surface area (Å²) >= 11 is 1.52. The maximum atomic E-state index is 12.9. The number of hydrogen-bond donors (Lipinski definition) is 3. The van der Waals surface area contributed by atoms with Crippen molar-refractivity contribution in [3.8, 4) is 0 Å². The van der Waals surface area contributed by atoms with Crippen LogP contribution in [0.4, 0.5) is 11.4 Å². The molecule has 3 N–H and O–H groups in total. The maximum Gasteiger partial charge on any atom is 0.255 e. The standard InChI is InChI=1S/C23H24N4O4S2/c1-32-15-12-21(27-33(30,31)20-8-3-2-4-9-20)23(29)26-19-7-5-6-18(16-19)25-22(28)17-10-13-24-14-11-17/h2-11,13-14,16,21,27H,12,15H2,1H3,(H,25,28)(H,26,29). The predicted molar refractivity (Wildman–Crippen MR) is 131 cm³/mol. The van der Waals surface area contributed by atoms with Crippen LogP contribution in [0.3, 0.4) is 0 Å². The second-order valence-corrected chi connectivity index (χ2v) is 9.73. The lowest BCUT2D eigenvalue weighted by Crippen LogP contribution is -2.44. The first-order chi connectivity index (χ1) is 15.9. The second kappa shape index (κ2) is 11.6. The van der Waals surface area contributed by atoms with Crippen molar-refractivity contribution in [3.63, 3.8) is 0 Å². The van der Waals surface area contributed by atoms with E-state index in [9.17, 15) is 18.0 Å². The molecule has 0 aliphatic rings. The van der Waals surface area contributed by atoms with Gasteiger partial charge in [-0.15, -0.1) is 0 Å². The van der Waals surface area contributed by atoms with Gasteiger partial charge in [0.1, 0.15) is 6.04 Å². The summed E-state index contributed by atoms with van der Waals surface area (Å²) in [5, 5.41) is 5.50. The first kappa shape index (κ1) is 24.4. The maximum absolute atomic E-state index is 12.9. The van der Waals surface area contributed by atoms with Crippen LogP contribution in [0.25, 0.3) is 0 Å². The fourth-order valence-electron chi connectivity index (χ4n) is 2.94. The van der Waals surface area contributed by atoms with Crippen molar-refractivity contribution in [2.45, 2.75) is 17.4 Å². The van der Waals surface area contributed by atoms with Gasteiger partial charge in [0.2, 0.25) is 15.9 Å². The lowest BCUT2D eigenvalue weighted by Gasteiger charge is -2.18. The molecule has 0 saturated heterocycles. The number of nitrogens with one attached hydrogen (secondary N) is 3. The predicted octanol–water partition coefficient (Wildman–Crippen LogP) is 3.37. The highest BCUT2D eigenvalue weighted by atomic mass is 32.2. The van der Waals surface area contributed by atoms with Crippen molar-refractivity contribution in [2.24, 2.45) is 0 Å². The molecule has 3 rings (SSSR count). The molecule has 2 aromatic carbocycles. The van der Waals surface area contributed by atoms with Crippen molar-refractivity contribution in [1.82, 2.24) is 9.71 Å². The monoisotopic (exact) mass is 484 g/mol. The molecule has 1 heterocycles. The Morgan fingerprint density at radius 2 is 1.61 bits per heavy atom. The molecular weight excluding hydrogens is 460 g/mol. The smallest absolute Gasteiger partial charge is 0.255 e. The highest BCUT2D eigenvalue weighted by Gasteiger charge is 2.25. The Balaban J connectivity index is 1.71. The van der Waals surface area contributed by atoms with Gasteiger partial charge in [-0.2, -0.15) is 16.5 Å².